The highest BCUT2D eigenvalue weighted by molar-refractivity contribution is 5.26. The van der Waals surface area contributed by atoms with Gasteiger partial charge >= 0.3 is 0 Å². The van der Waals surface area contributed by atoms with Crippen molar-refractivity contribution in [2.24, 2.45) is 0 Å². The molecule has 2 nitrogen and oxygen atoms in total. The Hall–Kier alpha value is -1.54. The second-order valence-electron chi connectivity index (χ2n) is 4.71. The molecule has 0 saturated carbocycles. The van der Waals surface area contributed by atoms with E-state index in [0.29, 0.717) is 6.04 Å². The third-order valence-electron chi connectivity index (χ3n) is 3.37. The van der Waals surface area contributed by atoms with E-state index in [4.69, 9.17) is 4.42 Å². The van der Waals surface area contributed by atoms with Gasteiger partial charge in [0.25, 0.3) is 0 Å². The van der Waals surface area contributed by atoms with Crippen LogP contribution in [0.5, 0.6) is 0 Å². The van der Waals surface area contributed by atoms with Crippen LogP contribution in [-0.4, -0.2) is 7.05 Å². The number of aryl methyl sites for hydroxylation is 2. The lowest BCUT2D eigenvalue weighted by Gasteiger charge is -2.14. The molecule has 2 heteroatoms. The zero-order valence-electron chi connectivity index (χ0n) is 11.4. The van der Waals surface area contributed by atoms with Crippen LogP contribution in [0.4, 0.5) is 0 Å². The van der Waals surface area contributed by atoms with E-state index in [9.17, 15) is 0 Å². The molecule has 1 aromatic heterocycles. The van der Waals surface area contributed by atoms with Gasteiger partial charge in [-0.2, -0.15) is 0 Å². The Bertz CT molecular complexity index is 484. The van der Waals surface area contributed by atoms with Gasteiger partial charge in [0.05, 0.1) is 6.26 Å². The second kappa shape index (κ2) is 5.87. The maximum absolute atomic E-state index is 5.38. The van der Waals surface area contributed by atoms with Crippen molar-refractivity contribution in [3.8, 4) is 0 Å². The van der Waals surface area contributed by atoms with Crippen molar-refractivity contribution < 1.29 is 4.42 Å². The molecule has 2 rings (SSSR count). The molecule has 0 aliphatic rings. The van der Waals surface area contributed by atoms with Crippen molar-refractivity contribution in [2.75, 3.05) is 7.05 Å². The molecular formula is C16H21NO. The minimum atomic E-state index is 0.315. The summed E-state index contributed by atoms with van der Waals surface area (Å²) in [6.07, 6.45) is 3.92. The zero-order valence-corrected chi connectivity index (χ0v) is 11.4. The van der Waals surface area contributed by atoms with Crippen LogP contribution in [0.25, 0.3) is 0 Å². The first-order valence-electron chi connectivity index (χ1n) is 6.53. The van der Waals surface area contributed by atoms with Crippen molar-refractivity contribution in [3.05, 3.63) is 59.0 Å². The molecule has 1 unspecified atom stereocenters. The van der Waals surface area contributed by atoms with Gasteiger partial charge in [0.2, 0.25) is 0 Å². The monoisotopic (exact) mass is 243 g/mol. The highest BCUT2D eigenvalue weighted by Gasteiger charge is 2.12. The summed E-state index contributed by atoms with van der Waals surface area (Å²) in [6.45, 7) is 4.16. The van der Waals surface area contributed by atoms with Crippen LogP contribution in [0.2, 0.25) is 0 Å². The molecule has 0 spiro atoms. The van der Waals surface area contributed by atoms with Gasteiger partial charge in [0, 0.05) is 11.6 Å². The van der Waals surface area contributed by atoms with Gasteiger partial charge in [0.15, 0.2) is 0 Å². The Morgan fingerprint density at radius 3 is 2.33 bits per heavy atom. The average Bonchev–Trinajstić information content (AvgIpc) is 2.83. The number of benzene rings is 1. The molecule has 2 aromatic rings. The Balaban J connectivity index is 2.10. The summed E-state index contributed by atoms with van der Waals surface area (Å²) >= 11 is 0. The standard InChI is InChI=1S/C16H21NO/c1-4-13-5-7-14(8-6-13)10-16(17-3)15-9-12(2)18-11-15/h5-9,11,16-17H,4,10H2,1-3H3. The maximum Gasteiger partial charge on any atom is 0.101 e. The van der Waals surface area contributed by atoms with Gasteiger partial charge in [0.1, 0.15) is 5.76 Å². The summed E-state index contributed by atoms with van der Waals surface area (Å²) in [5.74, 6) is 0.964. The predicted molar refractivity (Wildman–Crippen MR) is 74.8 cm³/mol. The fourth-order valence-corrected chi connectivity index (χ4v) is 2.18. The van der Waals surface area contributed by atoms with Crippen LogP contribution in [0.3, 0.4) is 0 Å². The number of nitrogens with one attached hydrogen (secondary N) is 1. The molecule has 1 atom stereocenters. The third kappa shape index (κ3) is 3.02. The molecule has 0 fully saturated rings. The smallest absolute Gasteiger partial charge is 0.101 e. The molecule has 1 aromatic carbocycles. The van der Waals surface area contributed by atoms with E-state index in [-0.39, 0.29) is 0 Å². The summed E-state index contributed by atoms with van der Waals surface area (Å²) in [5, 5.41) is 3.35. The average molecular weight is 243 g/mol. The summed E-state index contributed by atoms with van der Waals surface area (Å²) in [5.41, 5.74) is 3.96. The van der Waals surface area contributed by atoms with E-state index in [2.05, 4.69) is 42.6 Å². The molecule has 0 saturated heterocycles. The molecular weight excluding hydrogens is 222 g/mol. The van der Waals surface area contributed by atoms with Gasteiger partial charge in [-0.25, -0.2) is 0 Å². The number of likely N-dealkylation sites (N-methyl/N-ethyl adjacent to an activating group) is 1. The van der Waals surface area contributed by atoms with Gasteiger partial charge < -0.3 is 9.73 Å². The summed E-state index contributed by atoms with van der Waals surface area (Å²) < 4.78 is 5.38. The molecule has 1 N–H and O–H groups in total. The summed E-state index contributed by atoms with van der Waals surface area (Å²) in [7, 11) is 1.99. The molecule has 0 bridgehead atoms. The normalized spacial score (nSPS) is 12.6. The lowest BCUT2D eigenvalue weighted by Crippen LogP contribution is -2.18. The highest BCUT2D eigenvalue weighted by atomic mass is 16.3. The van der Waals surface area contributed by atoms with E-state index in [0.717, 1.165) is 18.6 Å². The lowest BCUT2D eigenvalue weighted by atomic mass is 9.99. The molecule has 18 heavy (non-hydrogen) atoms. The van der Waals surface area contributed by atoms with Crippen LogP contribution in [-0.2, 0) is 12.8 Å². The Kier molecular flexibility index (Phi) is 4.21. The van der Waals surface area contributed by atoms with Gasteiger partial charge in [-0.1, -0.05) is 31.2 Å². The SMILES string of the molecule is CCc1ccc(CC(NC)c2coc(C)c2)cc1. The fourth-order valence-electron chi connectivity index (χ4n) is 2.18. The van der Waals surface area contributed by atoms with E-state index in [1.54, 1.807) is 0 Å². The van der Waals surface area contributed by atoms with Crippen molar-refractivity contribution in [2.45, 2.75) is 32.7 Å². The first-order chi connectivity index (χ1) is 8.72. The Labute approximate surface area is 109 Å². The van der Waals surface area contributed by atoms with E-state index in [1.807, 2.05) is 20.2 Å². The van der Waals surface area contributed by atoms with Gasteiger partial charge in [-0.15, -0.1) is 0 Å². The first-order valence-corrected chi connectivity index (χ1v) is 6.53. The van der Waals surface area contributed by atoms with Crippen LogP contribution < -0.4 is 5.32 Å². The Morgan fingerprint density at radius 1 is 1.17 bits per heavy atom. The molecule has 1 heterocycles. The molecule has 0 amide bonds. The fraction of sp³-hybridized carbons (Fsp3) is 0.375. The van der Waals surface area contributed by atoms with Crippen molar-refractivity contribution in [1.82, 2.24) is 5.32 Å². The van der Waals surface area contributed by atoms with Crippen molar-refractivity contribution >= 4 is 0 Å². The second-order valence-corrected chi connectivity index (χ2v) is 4.71. The van der Waals surface area contributed by atoms with Crippen LogP contribution in [0.1, 0.15) is 35.4 Å². The molecule has 96 valence electrons. The van der Waals surface area contributed by atoms with Crippen molar-refractivity contribution in [3.63, 3.8) is 0 Å². The number of furan rings is 1. The largest absolute Gasteiger partial charge is 0.469 e. The predicted octanol–water partition coefficient (Wildman–Crippen LogP) is 3.65. The number of rotatable bonds is 5. The van der Waals surface area contributed by atoms with E-state index < -0.39 is 0 Å². The quantitative estimate of drug-likeness (QED) is 0.867. The molecule has 0 aliphatic heterocycles. The zero-order chi connectivity index (χ0) is 13.0. The summed E-state index contributed by atoms with van der Waals surface area (Å²) in [4.78, 5) is 0. The summed E-state index contributed by atoms with van der Waals surface area (Å²) in [6, 6.07) is 11.3. The topological polar surface area (TPSA) is 25.2 Å². The first kappa shape index (κ1) is 12.9. The Morgan fingerprint density at radius 2 is 1.83 bits per heavy atom. The number of hydrogen-bond acceptors (Lipinski definition) is 2. The van der Waals surface area contributed by atoms with Crippen LogP contribution in [0, 0.1) is 6.92 Å². The highest BCUT2D eigenvalue weighted by Crippen LogP contribution is 2.20. The van der Waals surface area contributed by atoms with Gasteiger partial charge in [-0.3, -0.25) is 0 Å². The third-order valence-corrected chi connectivity index (χ3v) is 3.37. The minimum absolute atomic E-state index is 0.315. The van der Waals surface area contributed by atoms with Crippen molar-refractivity contribution in [1.29, 1.82) is 0 Å². The van der Waals surface area contributed by atoms with Gasteiger partial charge in [-0.05, 0) is 44.0 Å². The molecule has 0 radical (unpaired) electrons. The number of hydrogen-bond donors (Lipinski definition) is 1. The van der Waals surface area contributed by atoms with Crippen LogP contribution in [0.15, 0.2) is 41.0 Å². The lowest BCUT2D eigenvalue weighted by molar-refractivity contribution is 0.520. The minimum Gasteiger partial charge on any atom is -0.469 e. The van der Waals surface area contributed by atoms with E-state index >= 15 is 0 Å². The van der Waals surface area contributed by atoms with Crippen LogP contribution >= 0.6 is 0 Å². The molecule has 0 aliphatic carbocycles. The van der Waals surface area contributed by atoms with E-state index in [1.165, 1.54) is 16.7 Å². The maximum atomic E-state index is 5.38.